The van der Waals surface area contributed by atoms with Crippen molar-refractivity contribution in [1.82, 2.24) is 5.32 Å². The van der Waals surface area contributed by atoms with Gasteiger partial charge in [-0.1, -0.05) is 6.07 Å². The van der Waals surface area contributed by atoms with Crippen molar-refractivity contribution in [2.24, 2.45) is 0 Å². The standard InChI is InChI=1S/C15H20N2OS.ClH/c16-11-6-7-12-10(9-11)3-1-4-13(12)17-15(18)14-5-2-8-19-14;/h6-7,9,13-14H,1-5,8,16H2,(H,17,18);1H. The molecule has 1 aromatic rings. The molecule has 1 aliphatic heterocycles. The predicted molar refractivity (Wildman–Crippen MR) is 87.4 cm³/mol. The predicted octanol–water partition coefficient (Wildman–Crippen LogP) is 3.08. The highest BCUT2D eigenvalue weighted by atomic mass is 35.5. The molecule has 2 unspecified atom stereocenters. The zero-order valence-electron chi connectivity index (χ0n) is 11.4. The van der Waals surface area contributed by atoms with E-state index in [1.54, 1.807) is 11.8 Å². The molecule has 20 heavy (non-hydrogen) atoms. The second-order valence-electron chi connectivity index (χ2n) is 5.41. The summed E-state index contributed by atoms with van der Waals surface area (Å²) in [6.45, 7) is 0. The average molecular weight is 313 g/mol. The van der Waals surface area contributed by atoms with Gasteiger partial charge in [-0.25, -0.2) is 0 Å². The molecule has 2 aliphatic rings. The molecule has 0 radical (unpaired) electrons. The molecule has 0 saturated carbocycles. The number of nitrogen functional groups attached to an aromatic ring is 1. The van der Waals surface area contributed by atoms with Crippen molar-refractivity contribution in [3.05, 3.63) is 29.3 Å². The summed E-state index contributed by atoms with van der Waals surface area (Å²) < 4.78 is 0. The molecule has 1 saturated heterocycles. The zero-order chi connectivity index (χ0) is 13.2. The quantitative estimate of drug-likeness (QED) is 0.825. The molecular formula is C15H21ClN2OS. The van der Waals surface area contributed by atoms with Gasteiger partial charge in [-0.3, -0.25) is 4.79 Å². The topological polar surface area (TPSA) is 55.1 Å². The van der Waals surface area contributed by atoms with Crippen LogP contribution < -0.4 is 11.1 Å². The van der Waals surface area contributed by atoms with Crippen LogP contribution in [0.2, 0.25) is 0 Å². The van der Waals surface area contributed by atoms with Gasteiger partial charge in [0.2, 0.25) is 5.91 Å². The molecule has 0 aromatic heterocycles. The number of aryl methyl sites for hydroxylation is 1. The van der Waals surface area contributed by atoms with E-state index in [0.717, 1.165) is 37.1 Å². The highest BCUT2D eigenvalue weighted by Gasteiger charge is 2.27. The number of carbonyl (C=O) groups is 1. The van der Waals surface area contributed by atoms with Crippen LogP contribution in [0.15, 0.2) is 18.2 Å². The maximum Gasteiger partial charge on any atom is 0.233 e. The van der Waals surface area contributed by atoms with Crippen LogP contribution >= 0.6 is 24.2 Å². The van der Waals surface area contributed by atoms with Gasteiger partial charge in [0.15, 0.2) is 0 Å². The molecule has 1 aromatic carbocycles. The molecule has 3 nitrogen and oxygen atoms in total. The van der Waals surface area contributed by atoms with Crippen LogP contribution in [-0.2, 0) is 11.2 Å². The lowest BCUT2D eigenvalue weighted by Gasteiger charge is -2.27. The number of hydrogen-bond acceptors (Lipinski definition) is 3. The lowest BCUT2D eigenvalue weighted by molar-refractivity contribution is -0.121. The fourth-order valence-electron chi connectivity index (χ4n) is 3.03. The molecule has 110 valence electrons. The molecule has 2 atom stereocenters. The number of benzene rings is 1. The number of halogens is 1. The summed E-state index contributed by atoms with van der Waals surface area (Å²) in [5.74, 6) is 1.34. The second kappa shape index (κ2) is 6.72. The highest BCUT2D eigenvalue weighted by molar-refractivity contribution is 8.00. The minimum Gasteiger partial charge on any atom is -0.399 e. The maximum absolute atomic E-state index is 12.2. The number of amides is 1. The summed E-state index contributed by atoms with van der Waals surface area (Å²) in [5, 5.41) is 3.40. The largest absolute Gasteiger partial charge is 0.399 e. The lowest BCUT2D eigenvalue weighted by atomic mass is 9.87. The van der Waals surface area contributed by atoms with Crippen LogP contribution in [0, 0.1) is 0 Å². The third-order valence-electron chi connectivity index (χ3n) is 4.02. The van der Waals surface area contributed by atoms with Crippen LogP contribution in [-0.4, -0.2) is 16.9 Å². The number of anilines is 1. The number of nitrogens with one attached hydrogen (secondary N) is 1. The second-order valence-corrected chi connectivity index (χ2v) is 6.72. The summed E-state index contributed by atoms with van der Waals surface area (Å²) in [5.41, 5.74) is 9.22. The monoisotopic (exact) mass is 312 g/mol. The van der Waals surface area contributed by atoms with Gasteiger partial charge in [0.25, 0.3) is 0 Å². The molecule has 0 bridgehead atoms. The Hall–Kier alpha value is -0.870. The third-order valence-corrected chi connectivity index (χ3v) is 5.40. The van der Waals surface area contributed by atoms with E-state index in [4.69, 9.17) is 5.73 Å². The molecule has 1 aliphatic carbocycles. The third kappa shape index (κ3) is 3.23. The minimum absolute atomic E-state index is 0. The Balaban J connectivity index is 0.00000147. The molecule has 1 fully saturated rings. The first kappa shape index (κ1) is 15.5. The molecule has 3 N–H and O–H groups in total. The van der Waals surface area contributed by atoms with E-state index in [2.05, 4.69) is 17.4 Å². The van der Waals surface area contributed by atoms with E-state index < -0.39 is 0 Å². The van der Waals surface area contributed by atoms with Crippen LogP contribution in [0.3, 0.4) is 0 Å². The lowest BCUT2D eigenvalue weighted by Crippen LogP contribution is -2.36. The first-order chi connectivity index (χ1) is 9.24. The Morgan fingerprint density at radius 3 is 2.90 bits per heavy atom. The Morgan fingerprint density at radius 1 is 1.30 bits per heavy atom. The van der Waals surface area contributed by atoms with Crippen molar-refractivity contribution in [2.45, 2.75) is 43.4 Å². The molecular weight excluding hydrogens is 292 g/mol. The van der Waals surface area contributed by atoms with E-state index in [1.807, 2.05) is 6.07 Å². The molecule has 0 spiro atoms. The van der Waals surface area contributed by atoms with Crippen molar-refractivity contribution in [3.63, 3.8) is 0 Å². The SMILES string of the molecule is Cl.Nc1ccc2c(c1)CCCC2NC(=O)C1CCCS1. The normalized spacial score (nSPS) is 24.6. The minimum atomic E-state index is 0. The van der Waals surface area contributed by atoms with Gasteiger partial charge >= 0.3 is 0 Å². The number of thioether (sulfide) groups is 1. The first-order valence-electron chi connectivity index (χ1n) is 7.04. The zero-order valence-corrected chi connectivity index (χ0v) is 13.1. The van der Waals surface area contributed by atoms with Crippen molar-refractivity contribution < 1.29 is 4.79 Å². The number of carbonyl (C=O) groups excluding carboxylic acids is 1. The Morgan fingerprint density at radius 2 is 2.15 bits per heavy atom. The van der Waals surface area contributed by atoms with E-state index in [1.165, 1.54) is 17.5 Å². The highest BCUT2D eigenvalue weighted by Crippen LogP contribution is 2.32. The van der Waals surface area contributed by atoms with E-state index >= 15 is 0 Å². The number of rotatable bonds is 2. The molecule has 3 rings (SSSR count). The van der Waals surface area contributed by atoms with Crippen LogP contribution in [0.5, 0.6) is 0 Å². The van der Waals surface area contributed by atoms with E-state index in [-0.39, 0.29) is 29.6 Å². The Kier molecular flexibility index (Phi) is 5.22. The Bertz CT molecular complexity index is 489. The van der Waals surface area contributed by atoms with Crippen molar-refractivity contribution in [2.75, 3.05) is 11.5 Å². The van der Waals surface area contributed by atoms with Gasteiger partial charge in [-0.15, -0.1) is 24.2 Å². The van der Waals surface area contributed by atoms with Crippen LogP contribution in [0.4, 0.5) is 5.69 Å². The molecule has 1 heterocycles. The van der Waals surface area contributed by atoms with Gasteiger partial charge < -0.3 is 11.1 Å². The van der Waals surface area contributed by atoms with E-state index in [0.29, 0.717) is 0 Å². The summed E-state index contributed by atoms with van der Waals surface area (Å²) in [6, 6.07) is 6.25. The molecule has 1 amide bonds. The summed E-state index contributed by atoms with van der Waals surface area (Å²) in [7, 11) is 0. The average Bonchev–Trinajstić information content (AvgIpc) is 2.92. The van der Waals surface area contributed by atoms with Gasteiger partial charge in [-0.05, 0) is 61.1 Å². The van der Waals surface area contributed by atoms with Gasteiger partial charge in [0.1, 0.15) is 0 Å². The van der Waals surface area contributed by atoms with Crippen molar-refractivity contribution >= 4 is 35.8 Å². The van der Waals surface area contributed by atoms with Crippen LogP contribution in [0.1, 0.15) is 42.9 Å². The fourth-order valence-corrected chi connectivity index (χ4v) is 4.20. The summed E-state index contributed by atoms with van der Waals surface area (Å²) >= 11 is 1.79. The van der Waals surface area contributed by atoms with Gasteiger partial charge in [0.05, 0.1) is 11.3 Å². The van der Waals surface area contributed by atoms with Gasteiger partial charge in [-0.2, -0.15) is 0 Å². The van der Waals surface area contributed by atoms with Gasteiger partial charge in [0, 0.05) is 5.69 Å². The number of fused-ring (bicyclic) bond motifs is 1. The number of hydrogen-bond donors (Lipinski definition) is 2. The molecule has 5 heteroatoms. The maximum atomic E-state index is 12.2. The van der Waals surface area contributed by atoms with Crippen LogP contribution in [0.25, 0.3) is 0 Å². The van der Waals surface area contributed by atoms with Crippen molar-refractivity contribution in [1.29, 1.82) is 0 Å². The summed E-state index contributed by atoms with van der Waals surface area (Å²) in [6.07, 6.45) is 5.43. The fraction of sp³-hybridized carbons (Fsp3) is 0.533. The number of nitrogens with two attached hydrogens (primary N) is 1. The van der Waals surface area contributed by atoms with E-state index in [9.17, 15) is 4.79 Å². The first-order valence-corrected chi connectivity index (χ1v) is 8.09. The Labute approximate surface area is 130 Å². The smallest absolute Gasteiger partial charge is 0.233 e. The van der Waals surface area contributed by atoms with Crippen molar-refractivity contribution in [3.8, 4) is 0 Å². The summed E-state index contributed by atoms with van der Waals surface area (Å²) in [4.78, 5) is 12.2.